The number of para-hydroxylation sites is 1. The van der Waals surface area contributed by atoms with Gasteiger partial charge in [0.05, 0.1) is 5.56 Å². The zero-order chi connectivity index (χ0) is 18.2. The van der Waals surface area contributed by atoms with Gasteiger partial charge in [0.15, 0.2) is 5.78 Å². The Balaban J connectivity index is 2.31. The molecule has 0 fully saturated rings. The molecule has 1 aromatic heterocycles. The van der Waals surface area contributed by atoms with Gasteiger partial charge in [-0.2, -0.15) is 0 Å². The Kier molecular flexibility index (Phi) is 4.21. The normalized spacial score (nSPS) is 11.6. The van der Waals surface area contributed by atoms with E-state index in [0.717, 1.165) is 11.1 Å². The van der Waals surface area contributed by atoms with Crippen LogP contribution in [0.25, 0.3) is 10.9 Å². The van der Waals surface area contributed by atoms with Gasteiger partial charge < -0.3 is 9.67 Å². The van der Waals surface area contributed by atoms with Crippen LogP contribution < -0.4 is 0 Å². The Morgan fingerprint density at radius 3 is 2.16 bits per heavy atom. The van der Waals surface area contributed by atoms with Crippen LogP contribution in [0.5, 0.6) is 0 Å². The maximum absolute atomic E-state index is 13.0. The Morgan fingerprint density at radius 1 is 0.960 bits per heavy atom. The summed E-state index contributed by atoms with van der Waals surface area (Å²) in [7, 11) is 0. The second kappa shape index (κ2) is 6.20. The van der Waals surface area contributed by atoms with Gasteiger partial charge in [-0.15, -0.1) is 0 Å². The quantitative estimate of drug-likeness (QED) is 0.708. The molecule has 4 heteroatoms. The molecule has 0 atom stereocenters. The Bertz CT molecular complexity index is 946. The lowest BCUT2D eigenvalue weighted by Crippen LogP contribution is -2.23. The summed E-state index contributed by atoms with van der Waals surface area (Å²) in [6, 6.07) is 17.0. The maximum atomic E-state index is 13.0. The largest absolute Gasteiger partial charge is 0.477 e. The number of rotatable bonds is 4. The van der Waals surface area contributed by atoms with E-state index in [-0.39, 0.29) is 11.5 Å². The lowest BCUT2D eigenvalue weighted by atomic mass is 9.85. The highest BCUT2D eigenvalue weighted by molar-refractivity contribution is 6.17. The van der Waals surface area contributed by atoms with Crippen LogP contribution in [-0.4, -0.2) is 21.4 Å². The predicted octanol–water partition coefficient (Wildman–Crippen LogP) is 4.62. The Labute approximate surface area is 146 Å². The van der Waals surface area contributed by atoms with Crippen molar-refractivity contribution in [3.63, 3.8) is 0 Å². The fraction of sp³-hybridized carbons (Fsp3) is 0.238. The smallest absolute Gasteiger partial charge is 0.353 e. The van der Waals surface area contributed by atoms with Crippen molar-refractivity contribution in [3.8, 4) is 0 Å². The molecular weight excluding hydrogens is 314 g/mol. The third-order valence-electron chi connectivity index (χ3n) is 4.27. The van der Waals surface area contributed by atoms with Gasteiger partial charge >= 0.3 is 5.97 Å². The van der Waals surface area contributed by atoms with E-state index in [0.29, 0.717) is 17.5 Å². The van der Waals surface area contributed by atoms with Gasteiger partial charge in [-0.25, -0.2) is 4.79 Å². The van der Waals surface area contributed by atoms with E-state index in [4.69, 9.17) is 0 Å². The Hall–Kier alpha value is -2.88. The molecule has 128 valence electrons. The van der Waals surface area contributed by atoms with Crippen LogP contribution in [0.4, 0.5) is 0 Å². The summed E-state index contributed by atoms with van der Waals surface area (Å²) < 4.78 is 1.73. The second-order valence-corrected chi connectivity index (χ2v) is 7.20. The molecule has 0 aliphatic rings. The fourth-order valence-corrected chi connectivity index (χ4v) is 3.06. The highest BCUT2D eigenvalue weighted by atomic mass is 16.4. The highest BCUT2D eigenvalue weighted by Crippen LogP contribution is 2.32. The lowest BCUT2D eigenvalue weighted by molar-refractivity contribution is 0.0677. The first kappa shape index (κ1) is 17.0. The van der Waals surface area contributed by atoms with Gasteiger partial charge in [0.25, 0.3) is 0 Å². The second-order valence-electron chi connectivity index (χ2n) is 7.20. The van der Waals surface area contributed by atoms with E-state index >= 15 is 0 Å². The minimum atomic E-state index is -1.08. The number of carbonyl (C=O) groups is 2. The number of aromatic nitrogens is 1. The molecule has 0 radical (unpaired) electrons. The maximum Gasteiger partial charge on any atom is 0.353 e. The number of fused-ring (bicyclic) bond motifs is 1. The molecule has 0 unspecified atom stereocenters. The molecule has 0 aliphatic carbocycles. The van der Waals surface area contributed by atoms with Gasteiger partial charge in [0.1, 0.15) is 5.69 Å². The number of carbonyl (C=O) groups excluding carboxylic acids is 1. The molecular formula is C21H21NO3. The summed E-state index contributed by atoms with van der Waals surface area (Å²) in [6.45, 7) is 5.83. The van der Waals surface area contributed by atoms with Crippen molar-refractivity contribution in [1.29, 1.82) is 0 Å². The van der Waals surface area contributed by atoms with E-state index in [1.807, 2.05) is 75.4 Å². The molecule has 1 N–H and O–H groups in total. The van der Waals surface area contributed by atoms with Gasteiger partial charge in [0.2, 0.25) is 0 Å². The number of Topliss-reactive ketones (excluding diaryl/α,β-unsaturated/α-hetero) is 1. The van der Waals surface area contributed by atoms with Gasteiger partial charge in [-0.05, 0) is 11.6 Å². The van der Waals surface area contributed by atoms with Crippen LogP contribution in [-0.2, 0) is 6.54 Å². The van der Waals surface area contributed by atoms with Crippen molar-refractivity contribution >= 4 is 22.7 Å². The molecule has 25 heavy (non-hydrogen) atoms. The number of aromatic carboxylic acids is 1. The van der Waals surface area contributed by atoms with E-state index in [1.54, 1.807) is 4.57 Å². The summed E-state index contributed by atoms with van der Waals surface area (Å²) in [4.78, 5) is 25.1. The zero-order valence-corrected chi connectivity index (χ0v) is 14.6. The topological polar surface area (TPSA) is 59.3 Å². The highest BCUT2D eigenvalue weighted by Gasteiger charge is 2.32. The van der Waals surface area contributed by atoms with Gasteiger partial charge in [-0.1, -0.05) is 69.3 Å². The molecule has 1 heterocycles. The average Bonchev–Trinajstić information content (AvgIpc) is 2.89. The van der Waals surface area contributed by atoms with E-state index in [2.05, 4.69) is 0 Å². The van der Waals surface area contributed by atoms with Crippen molar-refractivity contribution in [1.82, 2.24) is 4.57 Å². The fourth-order valence-electron chi connectivity index (χ4n) is 3.06. The molecule has 4 nitrogen and oxygen atoms in total. The minimum absolute atomic E-state index is 0.0602. The molecule has 0 bridgehead atoms. The zero-order valence-electron chi connectivity index (χ0n) is 14.6. The van der Waals surface area contributed by atoms with Crippen molar-refractivity contribution in [3.05, 3.63) is 71.4 Å². The molecule has 0 spiro atoms. The van der Waals surface area contributed by atoms with Crippen LogP contribution in [0.15, 0.2) is 54.6 Å². The first-order chi connectivity index (χ1) is 11.8. The number of carboxylic acid groups (broad SMARTS) is 1. The van der Waals surface area contributed by atoms with Crippen molar-refractivity contribution in [2.24, 2.45) is 5.41 Å². The average molecular weight is 335 g/mol. The third-order valence-corrected chi connectivity index (χ3v) is 4.27. The molecule has 0 saturated carbocycles. The van der Waals surface area contributed by atoms with Crippen LogP contribution in [0.3, 0.4) is 0 Å². The number of benzene rings is 2. The molecule has 0 saturated heterocycles. The van der Waals surface area contributed by atoms with E-state index < -0.39 is 11.4 Å². The van der Waals surface area contributed by atoms with Crippen molar-refractivity contribution in [2.45, 2.75) is 27.3 Å². The van der Waals surface area contributed by atoms with Crippen LogP contribution in [0, 0.1) is 5.41 Å². The summed E-state index contributed by atoms with van der Waals surface area (Å²) in [5.74, 6) is -1.24. The van der Waals surface area contributed by atoms with E-state index in [1.165, 1.54) is 0 Å². The molecule has 0 amide bonds. The first-order valence-electron chi connectivity index (χ1n) is 8.24. The van der Waals surface area contributed by atoms with E-state index in [9.17, 15) is 14.7 Å². The monoisotopic (exact) mass is 335 g/mol. The first-order valence-corrected chi connectivity index (χ1v) is 8.24. The summed E-state index contributed by atoms with van der Waals surface area (Å²) >= 11 is 0. The molecule has 3 rings (SSSR count). The van der Waals surface area contributed by atoms with Crippen LogP contribution in [0.1, 0.15) is 47.2 Å². The standard InChI is InChI=1S/C21H21NO3/c1-21(2,3)19(23)17-15-11-7-8-12-16(15)22(18(17)20(24)25)13-14-9-5-4-6-10-14/h4-12H,13H2,1-3H3,(H,24,25). The van der Waals surface area contributed by atoms with Crippen LogP contribution in [0.2, 0.25) is 0 Å². The summed E-state index contributed by atoms with van der Waals surface area (Å²) in [5.41, 5.74) is 1.44. The predicted molar refractivity (Wildman–Crippen MR) is 98.2 cm³/mol. The Morgan fingerprint density at radius 2 is 1.56 bits per heavy atom. The SMILES string of the molecule is CC(C)(C)C(=O)c1c(C(=O)O)n(Cc2ccccc2)c2ccccc12. The summed E-state index contributed by atoms with van der Waals surface area (Å²) in [5, 5.41) is 10.6. The lowest BCUT2D eigenvalue weighted by Gasteiger charge is -2.17. The minimum Gasteiger partial charge on any atom is -0.477 e. The van der Waals surface area contributed by atoms with Crippen molar-refractivity contribution < 1.29 is 14.7 Å². The van der Waals surface area contributed by atoms with Crippen LogP contribution >= 0.6 is 0 Å². The molecule has 3 aromatic rings. The molecule has 2 aromatic carbocycles. The number of hydrogen-bond donors (Lipinski definition) is 1. The van der Waals surface area contributed by atoms with Gasteiger partial charge in [0, 0.05) is 22.9 Å². The van der Waals surface area contributed by atoms with Gasteiger partial charge in [-0.3, -0.25) is 4.79 Å². The number of hydrogen-bond acceptors (Lipinski definition) is 2. The summed E-state index contributed by atoms with van der Waals surface area (Å²) in [6.07, 6.45) is 0. The third kappa shape index (κ3) is 3.07. The number of carboxylic acids is 1. The molecule has 0 aliphatic heterocycles. The number of nitrogens with zero attached hydrogens (tertiary/aromatic N) is 1. The van der Waals surface area contributed by atoms with Crippen molar-refractivity contribution in [2.75, 3.05) is 0 Å². The number of ketones is 1.